The fraction of sp³-hybridized carbons (Fsp3) is 0.455. The van der Waals surface area contributed by atoms with Gasteiger partial charge in [0.25, 0.3) is 5.56 Å². The molecule has 0 N–H and O–H groups in total. The van der Waals surface area contributed by atoms with Crippen LogP contribution in [-0.4, -0.2) is 70.0 Å². The minimum Gasteiger partial charge on any atom is -0.497 e. The number of aromatic nitrogens is 4. The average molecular weight is 457 g/mol. The monoisotopic (exact) mass is 456 g/mol. The Hall–Kier alpha value is -3.60. The predicted octanol–water partition coefficient (Wildman–Crippen LogP) is -0.0625. The van der Waals surface area contributed by atoms with Gasteiger partial charge in [0.05, 0.1) is 20.8 Å². The number of esters is 1. The lowest BCUT2D eigenvalue weighted by Crippen LogP contribution is -2.46. The van der Waals surface area contributed by atoms with E-state index in [-0.39, 0.29) is 17.7 Å². The van der Waals surface area contributed by atoms with Gasteiger partial charge in [-0.2, -0.15) is 0 Å². The summed E-state index contributed by atoms with van der Waals surface area (Å²) in [5.74, 6) is 0.879. The molecule has 0 radical (unpaired) electrons. The van der Waals surface area contributed by atoms with E-state index in [4.69, 9.17) is 9.47 Å². The Bertz CT molecular complexity index is 1280. The molecule has 33 heavy (non-hydrogen) atoms. The predicted molar refractivity (Wildman–Crippen MR) is 123 cm³/mol. The van der Waals surface area contributed by atoms with Crippen LogP contribution in [-0.2, 0) is 36.7 Å². The van der Waals surface area contributed by atoms with Gasteiger partial charge in [-0.3, -0.25) is 23.6 Å². The summed E-state index contributed by atoms with van der Waals surface area (Å²) in [6.07, 6.45) is 0. The zero-order chi connectivity index (χ0) is 23.7. The van der Waals surface area contributed by atoms with Gasteiger partial charge in [0, 0.05) is 46.0 Å². The van der Waals surface area contributed by atoms with E-state index >= 15 is 0 Å². The van der Waals surface area contributed by atoms with Gasteiger partial charge in [-0.15, -0.1) is 0 Å². The van der Waals surface area contributed by atoms with Crippen molar-refractivity contribution in [2.24, 2.45) is 14.1 Å². The van der Waals surface area contributed by atoms with Crippen molar-refractivity contribution in [2.75, 3.05) is 45.3 Å². The summed E-state index contributed by atoms with van der Waals surface area (Å²) in [4.78, 5) is 46.4. The highest BCUT2D eigenvalue weighted by Gasteiger charge is 2.24. The number of hydrogen-bond donors (Lipinski definition) is 0. The number of carbonyl (C=O) groups excluding carboxylic acids is 1. The number of imidazole rings is 1. The second kappa shape index (κ2) is 9.10. The standard InChI is InChI=1S/C22H28N6O5/c1-24-20-19(21(30)25(2)22(24)31)28(14-18(29)33-4)17(23-20)13-26-9-11-27(12-10-26)15-5-7-16(32-3)8-6-15/h5-8H,9-14H2,1-4H3. The zero-order valence-corrected chi connectivity index (χ0v) is 19.3. The van der Waals surface area contributed by atoms with Gasteiger partial charge in [-0.1, -0.05) is 0 Å². The Morgan fingerprint density at radius 1 is 1.00 bits per heavy atom. The molecule has 1 aliphatic rings. The molecule has 2 aromatic heterocycles. The van der Waals surface area contributed by atoms with E-state index in [1.807, 2.05) is 24.3 Å². The number of aryl methyl sites for hydroxylation is 1. The molecule has 1 aromatic carbocycles. The largest absolute Gasteiger partial charge is 0.497 e. The molecule has 3 aromatic rings. The highest BCUT2D eigenvalue weighted by atomic mass is 16.5. The van der Waals surface area contributed by atoms with Crippen LogP contribution in [0.3, 0.4) is 0 Å². The van der Waals surface area contributed by atoms with E-state index in [1.54, 1.807) is 18.7 Å². The number of hydrogen-bond acceptors (Lipinski definition) is 8. The Kier molecular flexibility index (Phi) is 6.23. The van der Waals surface area contributed by atoms with Crippen molar-refractivity contribution in [3.63, 3.8) is 0 Å². The molecule has 0 aliphatic carbocycles. The highest BCUT2D eigenvalue weighted by molar-refractivity contribution is 5.75. The summed E-state index contributed by atoms with van der Waals surface area (Å²) >= 11 is 0. The molecule has 176 valence electrons. The molecule has 0 amide bonds. The molecular formula is C22H28N6O5. The lowest BCUT2D eigenvalue weighted by molar-refractivity contribution is -0.141. The van der Waals surface area contributed by atoms with Crippen molar-refractivity contribution in [2.45, 2.75) is 13.1 Å². The van der Waals surface area contributed by atoms with Crippen LogP contribution < -0.4 is 20.9 Å². The van der Waals surface area contributed by atoms with Gasteiger partial charge in [-0.05, 0) is 24.3 Å². The molecule has 0 atom stereocenters. The van der Waals surface area contributed by atoms with Crippen LogP contribution in [0, 0.1) is 0 Å². The summed E-state index contributed by atoms with van der Waals surface area (Å²) < 4.78 is 14.0. The zero-order valence-electron chi connectivity index (χ0n) is 19.3. The highest BCUT2D eigenvalue weighted by Crippen LogP contribution is 2.21. The molecule has 0 bridgehead atoms. The third-order valence-electron chi connectivity index (χ3n) is 6.12. The summed E-state index contributed by atoms with van der Waals surface area (Å²) in [7, 11) is 5.93. The number of nitrogens with zero attached hydrogens (tertiary/aromatic N) is 6. The van der Waals surface area contributed by atoms with Crippen molar-refractivity contribution in [1.82, 2.24) is 23.6 Å². The Morgan fingerprint density at radius 2 is 1.67 bits per heavy atom. The molecule has 1 saturated heterocycles. The quantitative estimate of drug-likeness (QED) is 0.475. The molecule has 0 saturated carbocycles. The first-order chi connectivity index (χ1) is 15.8. The van der Waals surface area contributed by atoms with Crippen molar-refractivity contribution >= 4 is 22.8 Å². The topological polar surface area (TPSA) is 104 Å². The number of fused-ring (bicyclic) bond motifs is 1. The first kappa shape index (κ1) is 22.6. The summed E-state index contributed by atoms with van der Waals surface area (Å²) in [6.45, 7) is 3.50. The molecule has 1 aliphatic heterocycles. The molecule has 11 heteroatoms. The number of ether oxygens (including phenoxy) is 2. The van der Waals surface area contributed by atoms with Crippen LogP contribution in [0.2, 0.25) is 0 Å². The van der Waals surface area contributed by atoms with E-state index in [0.29, 0.717) is 12.4 Å². The first-order valence-electron chi connectivity index (χ1n) is 10.7. The maximum absolute atomic E-state index is 12.9. The average Bonchev–Trinajstić information content (AvgIpc) is 3.19. The van der Waals surface area contributed by atoms with E-state index in [1.165, 1.54) is 18.7 Å². The number of rotatable bonds is 6. The minimum absolute atomic E-state index is 0.151. The molecule has 0 spiro atoms. The van der Waals surface area contributed by atoms with E-state index in [2.05, 4.69) is 14.8 Å². The van der Waals surface area contributed by atoms with Crippen molar-refractivity contribution in [3.8, 4) is 5.75 Å². The van der Waals surface area contributed by atoms with Crippen LogP contribution in [0.25, 0.3) is 11.2 Å². The molecule has 4 rings (SSSR count). The van der Waals surface area contributed by atoms with Gasteiger partial charge < -0.3 is 18.9 Å². The minimum atomic E-state index is -0.490. The number of benzene rings is 1. The second-order valence-electron chi connectivity index (χ2n) is 8.03. The van der Waals surface area contributed by atoms with E-state index in [9.17, 15) is 14.4 Å². The lowest BCUT2D eigenvalue weighted by Gasteiger charge is -2.36. The maximum atomic E-state index is 12.9. The smallest absolute Gasteiger partial charge is 0.332 e. The van der Waals surface area contributed by atoms with Crippen molar-refractivity contribution in [1.29, 1.82) is 0 Å². The fourth-order valence-corrected chi connectivity index (χ4v) is 4.13. The number of anilines is 1. The van der Waals surface area contributed by atoms with Crippen molar-refractivity contribution < 1.29 is 14.3 Å². The summed E-state index contributed by atoms with van der Waals surface area (Å²) in [5.41, 5.74) is 0.664. The Morgan fingerprint density at radius 3 is 2.27 bits per heavy atom. The normalized spacial score (nSPS) is 14.6. The van der Waals surface area contributed by atoms with Crippen LogP contribution in [0.1, 0.15) is 5.82 Å². The molecular weight excluding hydrogens is 428 g/mol. The fourth-order valence-electron chi connectivity index (χ4n) is 4.13. The summed E-state index contributed by atoms with van der Waals surface area (Å²) in [6, 6.07) is 7.98. The van der Waals surface area contributed by atoms with Crippen molar-refractivity contribution in [3.05, 3.63) is 50.9 Å². The Balaban J connectivity index is 1.59. The molecule has 11 nitrogen and oxygen atoms in total. The second-order valence-corrected chi connectivity index (χ2v) is 8.03. The third kappa shape index (κ3) is 4.23. The van der Waals surface area contributed by atoms with E-state index in [0.717, 1.165) is 42.2 Å². The molecule has 0 unspecified atom stereocenters. The SMILES string of the molecule is COC(=O)Cn1c(CN2CCN(c3ccc(OC)cc3)CC2)nc2c1c(=O)n(C)c(=O)n2C. The van der Waals surface area contributed by atoms with Crippen LogP contribution in [0.15, 0.2) is 33.9 Å². The third-order valence-corrected chi connectivity index (χ3v) is 6.12. The van der Waals surface area contributed by atoms with Crippen LogP contribution in [0.4, 0.5) is 5.69 Å². The first-order valence-corrected chi connectivity index (χ1v) is 10.7. The van der Waals surface area contributed by atoms with Gasteiger partial charge >= 0.3 is 11.7 Å². The van der Waals surface area contributed by atoms with Gasteiger partial charge in [0.1, 0.15) is 18.1 Å². The number of carbonyl (C=O) groups is 1. The van der Waals surface area contributed by atoms with Crippen LogP contribution >= 0.6 is 0 Å². The van der Waals surface area contributed by atoms with Crippen LogP contribution in [0.5, 0.6) is 5.75 Å². The molecule has 3 heterocycles. The van der Waals surface area contributed by atoms with Gasteiger partial charge in [-0.25, -0.2) is 9.78 Å². The lowest BCUT2D eigenvalue weighted by atomic mass is 10.2. The number of methoxy groups -OCH3 is 2. The van der Waals surface area contributed by atoms with Gasteiger partial charge in [0.15, 0.2) is 11.2 Å². The molecule has 1 fully saturated rings. The summed E-state index contributed by atoms with van der Waals surface area (Å²) in [5, 5.41) is 0. The maximum Gasteiger partial charge on any atom is 0.332 e. The Labute approximate surface area is 190 Å². The number of piperazine rings is 1. The van der Waals surface area contributed by atoms with Gasteiger partial charge in [0.2, 0.25) is 0 Å². The van der Waals surface area contributed by atoms with E-state index < -0.39 is 17.2 Å².